The number of carbonyl (C=O) groups excluding carboxylic acids is 1. The van der Waals surface area contributed by atoms with Crippen molar-refractivity contribution in [1.82, 2.24) is 5.32 Å². The molecule has 96 valence electrons. The van der Waals surface area contributed by atoms with E-state index in [2.05, 4.69) is 11.2 Å². The van der Waals surface area contributed by atoms with Crippen LogP contribution in [0.4, 0.5) is 0 Å². The summed E-state index contributed by atoms with van der Waals surface area (Å²) in [5.41, 5.74) is 0. The van der Waals surface area contributed by atoms with Gasteiger partial charge >= 0.3 is 5.97 Å². The van der Waals surface area contributed by atoms with E-state index in [0.717, 1.165) is 22.6 Å². The van der Waals surface area contributed by atoms with Crippen LogP contribution in [0.5, 0.6) is 5.75 Å². The van der Waals surface area contributed by atoms with E-state index in [9.17, 15) is 9.59 Å². The fourth-order valence-electron chi connectivity index (χ4n) is 1.20. The van der Waals surface area contributed by atoms with Crippen molar-refractivity contribution in [3.8, 4) is 18.1 Å². The van der Waals surface area contributed by atoms with Gasteiger partial charge in [0.25, 0.3) is 5.91 Å². The van der Waals surface area contributed by atoms with Crippen molar-refractivity contribution in [2.45, 2.75) is 13.3 Å². The predicted molar refractivity (Wildman–Crippen MR) is 68.0 cm³/mol. The number of amides is 1. The number of aromatic carboxylic acids is 1. The smallest absolute Gasteiger partial charge is 0.349 e. The van der Waals surface area contributed by atoms with Crippen molar-refractivity contribution < 1.29 is 19.4 Å². The van der Waals surface area contributed by atoms with Gasteiger partial charge in [-0.25, -0.2) is 4.79 Å². The van der Waals surface area contributed by atoms with Crippen LogP contribution >= 0.6 is 11.3 Å². The maximum atomic E-state index is 11.3. The van der Waals surface area contributed by atoms with Gasteiger partial charge in [-0.1, -0.05) is 12.8 Å². The molecule has 0 saturated carbocycles. The molecule has 1 aromatic heterocycles. The van der Waals surface area contributed by atoms with E-state index in [4.69, 9.17) is 16.3 Å². The third-order valence-corrected chi connectivity index (χ3v) is 3.29. The van der Waals surface area contributed by atoms with Gasteiger partial charge in [0, 0.05) is 4.88 Å². The molecule has 1 aromatic rings. The summed E-state index contributed by atoms with van der Waals surface area (Å²) in [4.78, 5) is 23.2. The van der Waals surface area contributed by atoms with Crippen molar-refractivity contribution in [1.29, 1.82) is 0 Å². The lowest BCUT2D eigenvalue weighted by atomic mass is 10.3. The van der Waals surface area contributed by atoms with Crippen LogP contribution in [0.2, 0.25) is 0 Å². The molecule has 0 saturated heterocycles. The van der Waals surface area contributed by atoms with Gasteiger partial charge in [-0.3, -0.25) is 4.79 Å². The third kappa shape index (κ3) is 3.79. The van der Waals surface area contributed by atoms with E-state index in [1.54, 1.807) is 6.07 Å². The number of carbonyl (C=O) groups is 2. The molecule has 6 heteroatoms. The molecular weight excluding hydrogens is 254 g/mol. The highest BCUT2D eigenvalue weighted by atomic mass is 32.1. The van der Waals surface area contributed by atoms with Crippen LogP contribution < -0.4 is 10.1 Å². The van der Waals surface area contributed by atoms with Gasteiger partial charge in [-0.2, -0.15) is 0 Å². The molecule has 2 N–H and O–H groups in total. The summed E-state index contributed by atoms with van der Waals surface area (Å²) in [6.45, 7) is 1.79. The van der Waals surface area contributed by atoms with Gasteiger partial charge in [0.1, 0.15) is 5.75 Å². The van der Waals surface area contributed by atoms with Gasteiger partial charge in [-0.05, 0) is 12.5 Å². The second kappa shape index (κ2) is 6.67. The number of carboxylic acid groups (broad SMARTS) is 1. The monoisotopic (exact) mass is 267 g/mol. The van der Waals surface area contributed by atoms with Gasteiger partial charge in [0.05, 0.1) is 6.54 Å². The van der Waals surface area contributed by atoms with Crippen molar-refractivity contribution in [2.24, 2.45) is 0 Å². The summed E-state index contributed by atoms with van der Waals surface area (Å²) in [7, 11) is 0. The molecule has 0 aliphatic carbocycles. The van der Waals surface area contributed by atoms with E-state index in [1.165, 1.54) is 0 Å². The summed E-state index contributed by atoms with van der Waals surface area (Å²) >= 11 is 1.15. The zero-order valence-electron chi connectivity index (χ0n) is 9.86. The Hall–Kier alpha value is -2.00. The maximum Gasteiger partial charge on any atom is 0.349 e. The highest BCUT2D eigenvalue weighted by Crippen LogP contribution is 2.29. The van der Waals surface area contributed by atoms with Crippen LogP contribution in [0.3, 0.4) is 0 Å². The minimum absolute atomic E-state index is 0.108. The molecule has 0 fully saturated rings. The second-order valence-corrected chi connectivity index (χ2v) is 4.47. The fourth-order valence-corrected chi connectivity index (χ4v) is 2.08. The molecule has 0 radical (unpaired) electrons. The number of rotatable bonds is 6. The normalized spacial score (nSPS) is 9.56. The Balaban J connectivity index is 2.66. The Morgan fingerprint density at radius 2 is 2.33 bits per heavy atom. The Bertz CT molecular complexity index is 487. The van der Waals surface area contributed by atoms with E-state index in [1.807, 2.05) is 6.92 Å². The Labute approximate surface area is 109 Å². The molecule has 18 heavy (non-hydrogen) atoms. The van der Waals surface area contributed by atoms with Crippen LogP contribution in [-0.2, 0) is 11.2 Å². The number of aryl methyl sites for hydroxylation is 1. The van der Waals surface area contributed by atoms with Crippen LogP contribution in [-0.4, -0.2) is 30.1 Å². The molecule has 1 amide bonds. The Kier molecular flexibility index (Phi) is 5.21. The zero-order chi connectivity index (χ0) is 13.5. The maximum absolute atomic E-state index is 11.3. The van der Waals surface area contributed by atoms with Gasteiger partial charge < -0.3 is 15.2 Å². The molecular formula is C12H13NO4S. The van der Waals surface area contributed by atoms with E-state index in [0.29, 0.717) is 0 Å². The number of thiophene rings is 1. The average Bonchev–Trinajstić information content (AvgIpc) is 2.77. The Morgan fingerprint density at radius 3 is 2.89 bits per heavy atom. The zero-order valence-corrected chi connectivity index (χ0v) is 10.7. The summed E-state index contributed by atoms with van der Waals surface area (Å²) in [5.74, 6) is 1.04. The first-order valence-electron chi connectivity index (χ1n) is 5.27. The lowest BCUT2D eigenvalue weighted by molar-refractivity contribution is -0.122. The molecule has 0 bridgehead atoms. The van der Waals surface area contributed by atoms with E-state index >= 15 is 0 Å². The number of ether oxygens (including phenoxy) is 1. The summed E-state index contributed by atoms with van der Waals surface area (Å²) in [6, 6.07) is 1.64. The first-order chi connectivity index (χ1) is 8.58. The van der Waals surface area contributed by atoms with Crippen LogP contribution in [0, 0.1) is 12.3 Å². The number of carboxylic acids is 1. The average molecular weight is 267 g/mol. The standard InChI is InChI=1S/C12H13NO4S/c1-3-5-13-10(14)7-17-9-6-8(4-2)18-11(9)12(15)16/h1,6H,4-5,7H2,2H3,(H,13,14)(H,15,16). The number of hydrogen-bond acceptors (Lipinski definition) is 4. The summed E-state index contributed by atoms with van der Waals surface area (Å²) in [6.07, 6.45) is 5.71. The highest BCUT2D eigenvalue weighted by Gasteiger charge is 2.16. The van der Waals surface area contributed by atoms with Crippen LogP contribution in [0.1, 0.15) is 21.5 Å². The minimum atomic E-state index is -1.06. The lowest BCUT2D eigenvalue weighted by Crippen LogP contribution is -2.29. The Morgan fingerprint density at radius 1 is 1.61 bits per heavy atom. The second-order valence-electron chi connectivity index (χ2n) is 3.33. The highest BCUT2D eigenvalue weighted by molar-refractivity contribution is 7.14. The molecule has 0 aliphatic rings. The largest absolute Gasteiger partial charge is 0.482 e. The molecule has 0 aromatic carbocycles. The number of nitrogens with one attached hydrogen (secondary N) is 1. The van der Waals surface area contributed by atoms with Crippen LogP contribution in [0.15, 0.2) is 6.07 Å². The number of terminal acetylenes is 1. The van der Waals surface area contributed by atoms with Gasteiger partial charge in [0.2, 0.25) is 0 Å². The lowest BCUT2D eigenvalue weighted by Gasteiger charge is -2.04. The van der Waals surface area contributed by atoms with E-state index < -0.39 is 5.97 Å². The molecule has 0 aliphatic heterocycles. The number of hydrogen-bond donors (Lipinski definition) is 2. The molecule has 1 heterocycles. The predicted octanol–water partition coefficient (Wildman–Crippen LogP) is 1.14. The topological polar surface area (TPSA) is 75.6 Å². The first kappa shape index (κ1) is 14.1. The third-order valence-electron chi connectivity index (χ3n) is 2.04. The summed E-state index contributed by atoms with van der Waals surface area (Å²) in [5, 5.41) is 11.4. The molecule has 0 spiro atoms. The van der Waals surface area contributed by atoms with Crippen molar-refractivity contribution in [2.75, 3.05) is 13.2 Å². The first-order valence-corrected chi connectivity index (χ1v) is 6.09. The molecule has 1 rings (SSSR count). The fraction of sp³-hybridized carbons (Fsp3) is 0.333. The minimum Gasteiger partial charge on any atom is -0.482 e. The van der Waals surface area contributed by atoms with Gasteiger partial charge in [-0.15, -0.1) is 17.8 Å². The quantitative estimate of drug-likeness (QED) is 0.758. The molecule has 0 atom stereocenters. The van der Waals surface area contributed by atoms with Crippen molar-refractivity contribution in [3.05, 3.63) is 15.8 Å². The summed E-state index contributed by atoms with van der Waals surface area (Å²) < 4.78 is 5.19. The van der Waals surface area contributed by atoms with Crippen molar-refractivity contribution in [3.63, 3.8) is 0 Å². The van der Waals surface area contributed by atoms with Gasteiger partial charge in [0.15, 0.2) is 11.5 Å². The molecule has 5 nitrogen and oxygen atoms in total. The van der Waals surface area contributed by atoms with Crippen molar-refractivity contribution >= 4 is 23.2 Å². The van der Waals surface area contributed by atoms with Crippen LogP contribution in [0.25, 0.3) is 0 Å². The van der Waals surface area contributed by atoms with E-state index in [-0.39, 0.29) is 29.7 Å². The molecule has 0 unspecified atom stereocenters. The SMILES string of the molecule is C#CCNC(=O)COc1cc(CC)sc1C(=O)O.